The molecule has 18 heavy (non-hydrogen) atoms. The van der Waals surface area contributed by atoms with Gasteiger partial charge in [0, 0.05) is 17.1 Å². The van der Waals surface area contributed by atoms with E-state index in [-0.39, 0.29) is 17.0 Å². The first-order valence-corrected chi connectivity index (χ1v) is 6.08. The van der Waals surface area contributed by atoms with Crippen molar-refractivity contribution in [3.05, 3.63) is 34.6 Å². The van der Waals surface area contributed by atoms with Crippen molar-refractivity contribution in [2.24, 2.45) is 0 Å². The van der Waals surface area contributed by atoms with E-state index in [1.54, 1.807) is 0 Å². The Bertz CT molecular complexity index is 436. The molecule has 0 bridgehead atoms. The van der Waals surface area contributed by atoms with E-state index >= 15 is 0 Å². The van der Waals surface area contributed by atoms with E-state index in [0.717, 1.165) is 0 Å². The molecule has 0 aliphatic rings. The predicted molar refractivity (Wildman–Crippen MR) is 72.7 cm³/mol. The van der Waals surface area contributed by atoms with Gasteiger partial charge < -0.3 is 5.32 Å². The highest BCUT2D eigenvalue weighted by Gasteiger charge is 2.11. The Labute approximate surface area is 115 Å². The lowest BCUT2D eigenvalue weighted by Gasteiger charge is -2.10. The van der Waals surface area contributed by atoms with Crippen LogP contribution in [0.15, 0.2) is 18.2 Å². The van der Waals surface area contributed by atoms with Gasteiger partial charge in [0.1, 0.15) is 5.82 Å². The number of amides is 1. The number of benzene rings is 1. The molecule has 0 fully saturated rings. The van der Waals surface area contributed by atoms with Crippen LogP contribution in [0.2, 0.25) is 5.02 Å². The summed E-state index contributed by atoms with van der Waals surface area (Å²) in [7, 11) is 0. The second-order valence-corrected chi connectivity index (χ2v) is 4.23. The second-order valence-electron chi connectivity index (χ2n) is 3.41. The number of hydrogen-bond acceptors (Lipinski definition) is 2. The first-order valence-electron chi connectivity index (χ1n) is 5.30. The molecule has 1 aromatic rings. The van der Waals surface area contributed by atoms with Gasteiger partial charge in [0.05, 0.1) is 6.42 Å². The third-order valence-corrected chi connectivity index (χ3v) is 2.65. The predicted octanol–water partition coefficient (Wildman–Crippen LogP) is 1.54. The van der Waals surface area contributed by atoms with Crippen molar-refractivity contribution in [3.63, 3.8) is 0 Å². The first-order chi connectivity index (χ1) is 8.54. The van der Waals surface area contributed by atoms with Crippen LogP contribution < -0.4 is 16.2 Å². The Morgan fingerprint density at radius 1 is 1.44 bits per heavy atom. The molecule has 0 unspecified atom stereocenters. The monoisotopic (exact) mass is 289 g/mol. The van der Waals surface area contributed by atoms with Gasteiger partial charge >= 0.3 is 0 Å². The van der Waals surface area contributed by atoms with Gasteiger partial charge in [-0.2, -0.15) is 0 Å². The number of nitrogens with one attached hydrogen (secondary N) is 3. The molecule has 1 amide bonds. The van der Waals surface area contributed by atoms with Gasteiger partial charge in [-0.1, -0.05) is 17.7 Å². The van der Waals surface area contributed by atoms with E-state index in [2.05, 4.69) is 16.2 Å². The molecule has 98 valence electrons. The molecule has 7 heteroatoms. The molecule has 4 nitrogen and oxygen atoms in total. The van der Waals surface area contributed by atoms with Crippen LogP contribution >= 0.6 is 23.8 Å². The zero-order chi connectivity index (χ0) is 13.5. The average Bonchev–Trinajstić information content (AvgIpc) is 2.32. The molecule has 0 aliphatic carbocycles. The van der Waals surface area contributed by atoms with Crippen molar-refractivity contribution in [1.82, 2.24) is 16.2 Å². The SMILES string of the molecule is CCNC(=S)NNC(=O)Cc1c(F)cccc1Cl. The molecule has 0 spiro atoms. The molecule has 1 aromatic carbocycles. The van der Waals surface area contributed by atoms with Gasteiger partial charge in [-0.3, -0.25) is 15.6 Å². The summed E-state index contributed by atoms with van der Waals surface area (Å²) >= 11 is 10.7. The summed E-state index contributed by atoms with van der Waals surface area (Å²) < 4.78 is 13.4. The highest BCUT2D eigenvalue weighted by atomic mass is 35.5. The fraction of sp³-hybridized carbons (Fsp3) is 0.273. The zero-order valence-electron chi connectivity index (χ0n) is 9.72. The molecule has 0 heterocycles. The third kappa shape index (κ3) is 4.46. The maximum Gasteiger partial charge on any atom is 0.242 e. The van der Waals surface area contributed by atoms with Crippen LogP contribution in [-0.4, -0.2) is 17.6 Å². The highest BCUT2D eigenvalue weighted by molar-refractivity contribution is 7.80. The molecule has 3 N–H and O–H groups in total. The van der Waals surface area contributed by atoms with Crippen molar-refractivity contribution in [3.8, 4) is 0 Å². The van der Waals surface area contributed by atoms with Crippen molar-refractivity contribution in [1.29, 1.82) is 0 Å². The van der Waals surface area contributed by atoms with E-state index in [9.17, 15) is 9.18 Å². The highest BCUT2D eigenvalue weighted by Crippen LogP contribution is 2.19. The van der Waals surface area contributed by atoms with E-state index in [4.69, 9.17) is 23.8 Å². The van der Waals surface area contributed by atoms with Crippen LogP contribution in [0, 0.1) is 5.82 Å². The van der Waals surface area contributed by atoms with Crippen LogP contribution in [0.5, 0.6) is 0 Å². The molecule has 0 aliphatic heterocycles. The van der Waals surface area contributed by atoms with E-state index in [1.807, 2.05) is 6.92 Å². The number of carbonyl (C=O) groups excluding carboxylic acids is 1. The van der Waals surface area contributed by atoms with Gasteiger partial charge in [-0.05, 0) is 31.3 Å². The molecular formula is C11H13ClFN3OS. The Hall–Kier alpha value is -1.40. The Morgan fingerprint density at radius 3 is 2.78 bits per heavy atom. The Morgan fingerprint density at radius 2 is 2.17 bits per heavy atom. The standard InChI is InChI=1S/C11H13ClFN3OS/c1-2-14-11(18)16-15-10(17)6-7-8(12)4-3-5-9(7)13/h3-5H,2,6H2,1H3,(H,15,17)(H2,14,16,18). The van der Waals surface area contributed by atoms with Crippen LogP contribution in [0.25, 0.3) is 0 Å². The lowest BCUT2D eigenvalue weighted by molar-refractivity contribution is -0.121. The molecule has 0 saturated carbocycles. The van der Waals surface area contributed by atoms with Gasteiger partial charge in [0.25, 0.3) is 0 Å². The van der Waals surface area contributed by atoms with E-state index in [0.29, 0.717) is 11.7 Å². The minimum atomic E-state index is -0.507. The third-order valence-electron chi connectivity index (χ3n) is 2.05. The lowest BCUT2D eigenvalue weighted by Crippen LogP contribution is -2.47. The van der Waals surface area contributed by atoms with Crippen LogP contribution in [0.4, 0.5) is 4.39 Å². The van der Waals surface area contributed by atoms with Crippen LogP contribution in [0.3, 0.4) is 0 Å². The average molecular weight is 290 g/mol. The zero-order valence-corrected chi connectivity index (χ0v) is 11.3. The number of thiocarbonyl (C=S) groups is 1. The number of hydrogen-bond donors (Lipinski definition) is 3. The Kier molecular flexibility index (Phi) is 5.80. The molecular weight excluding hydrogens is 277 g/mol. The summed E-state index contributed by atoms with van der Waals surface area (Å²) in [6, 6.07) is 4.27. The summed E-state index contributed by atoms with van der Waals surface area (Å²) in [6.45, 7) is 2.51. The largest absolute Gasteiger partial charge is 0.362 e. The van der Waals surface area contributed by atoms with Crippen LogP contribution in [0.1, 0.15) is 12.5 Å². The van der Waals surface area contributed by atoms with E-state index in [1.165, 1.54) is 18.2 Å². The van der Waals surface area contributed by atoms with Crippen molar-refractivity contribution >= 4 is 34.8 Å². The summed E-state index contributed by atoms with van der Waals surface area (Å²) in [5.41, 5.74) is 5.01. The topological polar surface area (TPSA) is 53.2 Å². The number of halogens is 2. The minimum absolute atomic E-state index is 0.159. The van der Waals surface area contributed by atoms with Gasteiger partial charge in [-0.15, -0.1) is 0 Å². The molecule has 0 radical (unpaired) electrons. The normalized spacial score (nSPS) is 9.72. The minimum Gasteiger partial charge on any atom is -0.362 e. The summed E-state index contributed by atoms with van der Waals surface area (Å²) in [4.78, 5) is 11.5. The maximum atomic E-state index is 13.4. The molecule has 1 rings (SSSR count). The maximum absolute atomic E-state index is 13.4. The summed E-state index contributed by atoms with van der Waals surface area (Å²) in [5, 5.41) is 3.31. The number of rotatable bonds is 3. The van der Waals surface area contributed by atoms with Crippen molar-refractivity contribution in [2.75, 3.05) is 6.54 Å². The van der Waals surface area contributed by atoms with Gasteiger partial charge in [0.2, 0.25) is 5.91 Å². The van der Waals surface area contributed by atoms with E-state index < -0.39 is 11.7 Å². The summed E-state index contributed by atoms with van der Waals surface area (Å²) in [5.74, 6) is -0.936. The summed E-state index contributed by atoms with van der Waals surface area (Å²) in [6.07, 6.45) is -0.159. The second kappa shape index (κ2) is 7.13. The van der Waals surface area contributed by atoms with Crippen molar-refractivity contribution < 1.29 is 9.18 Å². The quantitative estimate of drug-likeness (QED) is 0.584. The van der Waals surface area contributed by atoms with Crippen molar-refractivity contribution in [2.45, 2.75) is 13.3 Å². The lowest BCUT2D eigenvalue weighted by atomic mass is 10.1. The van der Waals surface area contributed by atoms with Gasteiger partial charge in [-0.25, -0.2) is 4.39 Å². The number of carbonyl (C=O) groups is 1. The van der Waals surface area contributed by atoms with Crippen LogP contribution in [-0.2, 0) is 11.2 Å². The first kappa shape index (κ1) is 14.7. The molecule has 0 aromatic heterocycles. The molecule has 0 saturated heterocycles. The molecule has 0 atom stereocenters. The Balaban J connectivity index is 2.52. The number of hydrazine groups is 1. The fourth-order valence-corrected chi connectivity index (χ4v) is 1.66. The smallest absolute Gasteiger partial charge is 0.242 e. The van der Waals surface area contributed by atoms with Gasteiger partial charge in [0.15, 0.2) is 5.11 Å². The fourth-order valence-electron chi connectivity index (χ4n) is 1.24.